The maximum absolute atomic E-state index is 13.6. The Morgan fingerprint density at radius 3 is 2.76 bits per heavy atom. The lowest BCUT2D eigenvalue weighted by Gasteiger charge is -2.27. The quantitative estimate of drug-likeness (QED) is 0.908. The Kier molecular flexibility index (Phi) is 5.22. The predicted octanol–water partition coefficient (Wildman–Crippen LogP) is 2.52. The minimum Gasteiger partial charge on any atom is -0.480 e. The Morgan fingerprint density at radius 1 is 1.43 bits per heavy atom. The summed E-state index contributed by atoms with van der Waals surface area (Å²) < 4.78 is 13.6. The van der Waals surface area contributed by atoms with Crippen molar-refractivity contribution in [2.75, 3.05) is 5.75 Å². The number of amides is 1. The minimum absolute atomic E-state index is 0.1000. The van der Waals surface area contributed by atoms with E-state index in [-0.39, 0.29) is 17.7 Å². The molecule has 1 heterocycles. The molecule has 2 atom stereocenters. The van der Waals surface area contributed by atoms with Gasteiger partial charge in [-0.3, -0.25) is 4.79 Å². The van der Waals surface area contributed by atoms with Crippen molar-refractivity contribution in [2.24, 2.45) is 0 Å². The zero-order valence-electron chi connectivity index (χ0n) is 11.8. The van der Waals surface area contributed by atoms with Crippen LogP contribution in [0.2, 0.25) is 0 Å². The van der Waals surface area contributed by atoms with Gasteiger partial charge in [-0.05, 0) is 18.1 Å². The van der Waals surface area contributed by atoms with Gasteiger partial charge in [0.05, 0.1) is 11.8 Å². The van der Waals surface area contributed by atoms with Crippen molar-refractivity contribution in [3.8, 4) is 0 Å². The molecule has 1 aliphatic rings. The van der Waals surface area contributed by atoms with Crippen LogP contribution in [0.3, 0.4) is 0 Å². The van der Waals surface area contributed by atoms with Gasteiger partial charge < -0.3 is 10.0 Å². The fourth-order valence-corrected chi connectivity index (χ4v) is 3.99. The van der Waals surface area contributed by atoms with Gasteiger partial charge in [-0.15, -0.1) is 11.8 Å². The van der Waals surface area contributed by atoms with Crippen molar-refractivity contribution in [1.82, 2.24) is 4.90 Å². The normalized spacial score (nSPS) is 21.5. The molecule has 0 aromatic heterocycles. The summed E-state index contributed by atoms with van der Waals surface area (Å²) >= 11 is 1.49. The number of halogens is 1. The molecule has 1 aromatic rings. The third-order valence-electron chi connectivity index (χ3n) is 3.50. The zero-order valence-corrected chi connectivity index (χ0v) is 12.6. The number of carboxylic acids is 1. The highest BCUT2D eigenvalue weighted by molar-refractivity contribution is 8.00. The molecule has 6 heteroatoms. The first-order chi connectivity index (χ1) is 10.0. The number of nitrogens with zero attached hydrogens (tertiary/aromatic N) is 1. The van der Waals surface area contributed by atoms with Gasteiger partial charge in [0, 0.05) is 5.75 Å². The second kappa shape index (κ2) is 6.93. The lowest BCUT2D eigenvalue weighted by molar-refractivity contribution is -0.148. The lowest BCUT2D eigenvalue weighted by atomic mass is 10.1. The van der Waals surface area contributed by atoms with E-state index in [1.807, 2.05) is 6.92 Å². The van der Waals surface area contributed by atoms with Crippen LogP contribution >= 0.6 is 11.8 Å². The SMILES string of the molecule is CCCC1SCC(C(=O)O)N1C(=O)Cc1ccccc1F. The Labute approximate surface area is 127 Å². The molecule has 1 aliphatic heterocycles. The van der Waals surface area contributed by atoms with Gasteiger partial charge in [0.15, 0.2) is 0 Å². The topological polar surface area (TPSA) is 57.6 Å². The first-order valence-corrected chi connectivity index (χ1v) is 7.98. The summed E-state index contributed by atoms with van der Waals surface area (Å²) in [7, 11) is 0. The van der Waals surface area contributed by atoms with E-state index in [2.05, 4.69) is 0 Å². The molecule has 1 N–H and O–H groups in total. The van der Waals surface area contributed by atoms with Gasteiger partial charge in [0.2, 0.25) is 5.91 Å². The van der Waals surface area contributed by atoms with Crippen molar-refractivity contribution in [1.29, 1.82) is 0 Å². The first-order valence-electron chi connectivity index (χ1n) is 6.93. The van der Waals surface area contributed by atoms with Crippen LogP contribution in [0.4, 0.5) is 4.39 Å². The Hall–Kier alpha value is -1.56. The summed E-state index contributed by atoms with van der Waals surface area (Å²) in [5.74, 6) is -1.36. The van der Waals surface area contributed by atoms with E-state index < -0.39 is 17.8 Å². The molecule has 1 amide bonds. The zero-order chi connectivity index (χ0) is 15.4. The number of carbonyl (C=O) groups excluding carboxylic acids is 1. The van der Waals surface area contributed by atoms with Gasteiger partial charge in [0.25, 0.3) is 0 Å². The molecule has 2 unspecified atom stereocenters. The van der Waals surface area contributed by atoms with Crippen LogP contribution in [0, 0.1) is 5.82 Å². The molecule has 1 aromatic carbocycles. The van der Waals surface area contributed by atoms with Gasteiger partial charge in [-0.2, -0.15) is 0 Å². The number of benzene rings is 1. The van der Waals surface area contributed by atoms with Crippen molar-refractivity contribution >= 4 is 23.6 Å². The molecule has 0 bridgehead atoms. The molecule has 4 nitrogen and oxygen atoms in total. The fourth-order valence-electron chi connectivity index (χ4n) is 2.45. The summed E-state index contributed by atoms with van der Waals surface area (Å²) in [5, 5.41) is 9.13. The van der Waals surface area contributed by atoms with E-state index in [0.29, 0.717) is 11.3 Å². The third-order valence-corrected chi connectivity index (χ3v) is 4.86. The number of hydrogen-bond acceptors (Lipinski definition) is 3. The van der Waals surface area contributed by atoms with Crippen molar-refractivity contribution in [3.63, 3.8) is 0 Å². The average Bonchev–Trinajstić information content (AvgIpc) is 2.86. The van der Waals surface area contributed by atoms with Crippen LogP contribution in [-0.2, 0) is 16.0 Å². The smallest absolute Gasteiger partial charge is 0.327 e. The highest BCUT2D eigenvalue weighted by Gasteiger charge is 2.40. The largest absolute Gasteiger partial charge is 0.480 e. The van der Waals surface area contributed by atoms with Gasteiger partial charge in [-0.25, -0.2) is 9.18 Å². The van der Waals surface area contributed by atoms with Crippen molar-refractivity contribution < 1.29 is 19.1 Å². The van der Waals surface area contributed by atoms with Crippen LogP contribution in [0.5, 0.6) is 0 Å². The second-order valence-corrected chi connectivity index (χ2v) is 6.21. The molecular weight excluding hydrogens is 293 g/mol. The van der Waals surface area contributed by atoms with Crippen molar-refractivity contribution in [3.05, 3.63) is 35.6 Å². The lowest BCUT2D eigenvalue weighted by Crippen LogP contribution is -2.46. The molecule has 0 saturated carbocycles. The molecule has 1 fully saturated rings. The van der Waals surface area contributed by atoms with Gasteiger partial charge in [-0.1, -0.05) is 31.5 Å². The number of rotatable bonds is 5. The van der Waals surface area contributed by atoms with Crippen LogP contribution in [0.25, 0.3) is 0 Å². The number of carboxylic acid groups (broad SMARTS) is 1. The van der Waals surface area contributed by atoms with Crippen LogP contribution in [0.15, 0.2) is 24.3 Å². The number of carbonyl (C=O) groups is 2. The summed E-state index contributed by atoms with van der Waals surface area (Å²) in [5.41, 5.74) is 0.304. The molecule has 21 heavy (non-hydrogen) atoms. The van der Waals surface area contributed by atoms with E-state index in [1.54, 1.807) is 18.2 Å². The minimum atomic E-state index is -0.997. The highest BCUT2D eigenvalue weighted by atomic mass is 32.2. The predicted molar refractivity (Wildman–Crippen MR) is 79.5 cm³/mol. The van der Waals surface area contributed by atoms with Crippen molar-refractivity contribution in [2.45, 2.75) is 37.6 Å². The molecule has 2 rings (SSSR count). The number of thioether (sulfide) groups is 1. The summed E-state index contributed by atoms with van der Waals surface area (Å²) in [6.45, 7) is 1.99. The van der Waals surface area contributed by atoms with E-state index >= 15 is 0 Å². The van der Waals surface area contributed by atoms with Gasteiger partial charge in [0.1, 0.15) is 11.9 Å². The van der Waals surface area contributed by atoms with Crippen LogP contribution in [-0.4, -0.2) is 39.1 Å². The first kappa shape index (κ1) is 15.8. The van der Waals surface area contributed by atoms with E-state index in [0.717, 1.165) is 12.8 Å². The molecule has 0 radical (unpaired) electrons. The monoisotopic (exact) mass is 311 g/mol. The van der Waals surface area contributed by atoms with E-state index in [9.17, 15) is 19.1 Å². The standard InChI is InChI=1S/C15H18FNO3S/c1-2-5-14-17(12(9-21-14)15(19)20)13(18)8-10-6-3-4-7-11(10)16/h3-4,6-7,12,14H,2,5,8-9H2,1H3,(H,19,20). The fraction of sp³-hybridized carbons (Fsp3) is 0.467. The van der Waals surface area contributed by atoms with Crippen LogP contribution in [0.1, 0.15) is 25.3 Å². The van der Waals surface area contributed by atoms with Crippen LogP contribution < -0.4 is 0 Å². The third kappa shape index (κ3) is 3.56. The molecule has 0 aliphatic carbocycles. The Morgan fingerprint density at radius 2 is 2.14 bits per heavy atom. The highest BCUT2D eigenvalue weighted by Crippen LogP contribution is 2.33. The summed E-state index contributed by atoms with van der Waals surface area (Å²) in [6.07, 6.45) is 1.52. The molecule has 1 saturated heterocycles. The molecular formula is C15H18FNO3S. The average molecular weight is 311 g/mol. The Balaban J connectivity index is 2.17. The number of hydrogen-bond donors (Lipinski definition) is 1. The number of aliphatic carboxylic acids is 1. The summed E-state index contributed by atoms with van der Waals surface area (Å²) in [6, 6.07) is 5.28. The van der Waals surface area contributed by atoms with Gasteiger partial charge >= 0.3 is 5.97 Å². The Bertz CT molecular complexity index is 537. The summed E-state index contributed by atoms with van der Waals surface area (Å²) in [4.78, 5) is 25.2. The van der Waals surface area contributed by atoms with E-state index in [1.165, 1.54) is 22.7 Å². The maximum atomic E-state index is 13.6. The van der Waals surface area contributed by atoms with E-state index in [4.69, 9.17) is 0 Å². The molecule has 114 valence electrons. The maximum Gasteiger partial charge on any atom is 0.327 e. The molecule has 0 spiro atoms. The second-order valence-electron chi connectivity index (χ2n) is 5.00.